The highest BCUT2D eigenvalue weighted by atomic mass is 16.6. The van der Waals surface area contributed by atoms with E-state index in [9.17, 15) is 9.59 Å². The second kappa shape index (κ2) is 8.88. The molecule has 1 aromatic rings. The zero-order chi connectivity index (χ0) is 19.2. The predicted molar refractivity (Wildman–Crippen MR) is 98.7 cm³/mol. The van der Waals surface area contributed by atoms with E-state index in [0.717, 1.165) is 25.2 Å². The molecule has 0 unspecified atom stereocenters. The number of carbonyl (C=O) groups excluding carboxylic acids is 2. The number of piperazine rings is 1. The Hall–Kier alpha value is -2.58. The van der Waals surface area contributed by atoms with Crippen LogP contribution in [0.5, 0.6) is 5.88 Å². The van der Waals surface area contributed by atoms with E-state index in [1.165, 1.54) is 0 Å². The molecule has 0 bridgehead atoms. The summed E-state index contributed by atoms with van der Waals surface area (Å²) in [5.74, 6) is 1.34. The fourth-order valence-corrected chi connectivity index (χ4v) is 3.56. The molecule has 0 aliphatic carbocycles. The van der Waals surface area contributed by atoms with Gasteiger partial charge in [0.15, 0.2) is 5.82 Å². The van der Waals surface area contributed by atoms with Crippen molar-refractivity contribution in [2.75, 3.05) is 57.9 Å². The molecule has 3 heterocycles. The van der Waals surface area contributed by atoms with E-state index >= 15 is 0 Å². The molecule has 0 saturated carbocycles. The van der Waals surface area contributed by atoms with Gasteiger partial charge in [0.05, 0.1) is 19.6 Å². The summed E-state index contributed by atoms with van der Waals surface area (Å²) in [5.41, 5.74) is 0. The fourth-order valence-electron chi connectivity index (χ4n) is 3.56. The lowest BCUT2D eigenvalue weighted by atomic mass is 9.96. The third-order valence-electron chi connectivity index (χ3n) is 5.05. The van der Waals surface area contributed by atoms with Gasteiger partial charge >= 0.3 is 6.09 Å². The Balaban J connectivity index is 1.55. The first-order chi connectivity index (χ1) is 13.1. The molecule has 9 nitrogen and oxygen atoms in total. The molecule has 27 heavy (non-hydrogen) atoms. The first kappa shape index (κ1) is 19.2. The maximum Gasteiger partial charge on any atom is 0.409 e. The number of piperidine rings is 1. The molecule has 2 aliphatic rings. The minimum Gasteiger partial charge on any atom is -0.480 e. The number of rotatable bonds is 4. The van der Waals surface area contributed by atoms with Gasteiger partial charge in [-0.2, -0.15) is 0 Å². The van der Waals surface area contributed by atoms with Crippen molar-refractivity contribution >= 4 is 17.8 Å². The van der Waals surface area contributed by atoms with Gasteiger partial charge in [-0.3, -0.25) is 4.79 Å². The molecular formula is C18H27N5O4. The Labute approximate surface area is 159 Å². The second-order valence-corrected chi connectivity index (χ2v) is 6.73. The minimum atomic E-state index is -0.300. The van der Waals surface area contributed by atoms with Crippen LogP contribution < -0.4 is 9.64 Å². The van der Waals surface area contributed by atoms with Crippen LogP contribution in [0.15, 0.2) is 12.1 Å². The van der Waals surface area contributed by atoms with Gasteiger partial charge in [0.1, 0.15) is 0 Å². The lowest BCUT2D eigenvalue weighted by molar-refractivity contribution is -0.137. The van der Waals surface area contributed by atoms with Crippen LogP contribution >= 0.6 is 0 Å². The first-order valence-electron chi connectivity index (χ1n) is 9.45. The van der Waals surface area contributed by atoms with Crippen molar-refractivity contribution in [2.45, 2.75) is 19.8 Å². The summed E-state index contributed by atoms with van der Waals surface area (Å²) in [6.07, 6.45) is 1.51. The minimum absolute atomic E-state index is 0.0585. The van der Waals surface area contributed by atoms with Crippen LogP contribution in [0.2, 0.25) is 0 Å². The van der Waals surface area contributed by atoms with E-state index in [1.54, 1.807) is 25.0 Å². The zero-order valence-electron chi connectivity index (χ0n) is 16.0. The maximum atomic E-state index is 12.9. The zero-order valence-corrected chi connectivity index (χ0v) is 16.0. The van der Waals surface area contributed by atoms with Crippen molar-refractivity contribution in [2.24, 2.45) is 5.92 Å². The van der Waals surface area contributed by atoms with Crippen molar-refractivity contribution < 1.29 is 19.1 Å². The van der Waals surface area contributed by atoms with Crippen LogP contribution in [0.25, 0.3) is 0 Å². The molecule has 148 valence electrons. The van der Waals surface area contributed by atoms with E-state index < -0.39 is 0 Å². The third kappa shape index (κ3) is 4.58. The molecular weight excluding hydrogens is 350 g/mol. The normalized spacial score (nSPS) is 20.4. The molecule has 2 fully saturated rings. The molecule has 0 spiro atoms. The number of aromatic nitrogens is 2. The summed E-state index contributed by atoms with van der Waals surface area (Å²) in [5, 5.41) is 8.21. The summed E-state index contributed by atoms with van der Waals surface area (Å²) in [6.45, 7) is 5.80. The van der Waals surface area contributed by atoms with Gasteiger partial charge in [0, 0.05) is 45.3 Å². The summed E-state index contributed by atoms with van der Waals surface area (Å²) in [4.78, 5) is 30.4. The molecule has 2 saturated heterocycles. The number of methoxy groups -OCH3 is 1. The van der Waals surface area contributed by atoms with Gasteiger partial charge in [-0.1, -0.05) is 0 Å². The summed E-state index contributed by atoms with van der Waals surface area (Å²) >= 11 is 0. The van der Waals surface area contributed by atoms with Crippen molar-refractivity contribution in [1.82, 2.24) is 20.0 Å². The lowest BCUT2D eigenvalue weighted by Crippen LogP contribution is -2.53. The van der Waals surface area contributed by atoms with Crippen molar-refractivity contribution in [1.29, 1.82) is 0 Å². The summed E-state index contributed by atoms with van der Waals surface area (Å²) in [7, 11) is 1.56. The Kier molecular flexibility index (Phi) is 6.31. The molecule has 2 amide bonds. The van der Waals surface area contributed by atoms with Crippen LogP contribution in [-0.2, 0) is 9.53 Å². The number of nitrogens with zero attached hydrogens (tertiary/aromatic N) is 5. The average molecular weight is 377 g/mol. The van der Waals surface area contributed by atoms with E-state index in [2.05, 4.69) is 15.1 Å². The fraction of sp³-hybridized carbons (Fsp3) is 0.667. The number of hydrogen-bond donors (Lipinski definition) is 0. The predicted octanol–water partition coefficient (Wildman–Crippen LogP) is 1.00. The van der Waals surface area contributed by atoms with Crippen molar-refractivity contribution in [3.63, 3.8) is 0 Å². The van der Waals surface area contributed by atoms with E-state index in [1.807, 2.05) is 11.0 Å². The Morgan fingerprint density at radius 3 is 2.48 bits per heavy atom. The standard InChI is InChI=1S/C18H27N5O4/c1-3-27-18(25)22-11-9-21(10-12-22)17(24)14-5-4-8-23(13-14)15-6-7-16(26-2)20-19-15/h6-7,14H,3-5,8-13H2,1-2H3/t14-/m1/s1. The lowest BCUT2D eigenvalue weighted by Gasteiger charge is -2.38. The molecule has 1 atom stereocenters. The van der Waals surface area contributed by atoms with E-state index in [4.69, 9.17) is 9.47 Å². The van der Waals surface area contributed by atoms with Gasteiger partial charge in [-0.05, 0) is 25.8 Å². The maximum absolute atomic E-state index is 12.9. The first-order valence-corrected chi connectivity index (χ1v) is 9.45. The number of ether oxygens (including phenoxy) is 2. The Morgan fingerprint density at radius 2 is 1.85 bits per heavy atom. The summed E-state index contributed by atoms with van der Waals surface area (Å²) in [6, 6.07) is 3.65. The van der Waals surface area contributed by atoms with Gasteiger partial charge in [-0.25, -0.2) is 4.79 Å². The highest BCUT2D eigenvalue weighted by molar-refractivity contribution is 5.80. The van der Waals surface area contributed by atoms with Crippen molar-refractivity contribution in [3.05, 3.63) is 12.1 Å². The van der Waals surface area contributed by atoms with Crippen LogP contribution in [0, 0.1) is 5.92 Å². The quantitative estimate of drug-likeness (QED) is 0.773. The molecule has 3 rings (SSSR count). The SMILES string of the molecule is CCOC(=O)N1CCN(C(=O)[C@@H]2CCCN(c3ccc(OC)nn3)C2)CC1. The average Bonchev–Trinajstić information content (AvgIpc) is 2.73. The Bertz CT molecular complexity index is 646. The van der Waals surface area contributed by atoms with Gasteiger partial charge in [0.2, 0.25) is 11.8 Å². The molecule has 9 heteroatoms. The topological polar surface area (TPSA) is 88.1 Å². The molecule has 1 aromatic heterocycles. The van der Waals surface area contributed by atoms with E-state index in [0.29, 0.717) is 45.2 Å². The number of carbonyl (C=O) groups is 2. The summed E-state index contributed by atoms with van der Waals surface area (Å²) < 4.78 is 10.1. The van der Waals surface area contributed by atoms with Gasteiger partial charge in [0.25, 0.3) is 0 Å². The molecule has 0 N–H and O–H groups in total. The largest absolute Gasteiger partial charge is 0.480 e. The molecule has 0 radical (unpaired) electrons. The van der Waals surface area contributed by atoms with Crippen LogP contribution in [0.3, 0.4) is 0 Å². The van der Waals surface area contributed by atoms with Gasteiger partial charge < -0.3 is 24.2 Å². The number of hydrogen-bond acceptors (Lipinski definition) is 7. The van der Waals surface area contributed by atoms with Crippen LogP contribution in [0.1, 0.15) is 19.8 Å². The number of anilines is 1. The number of amides is 2. The van der Waals surface area contributed by atoms with Gasteiger partial charge in [-0.15, -0.1) is 10.2 Å². The van der Waals surface area contributed by atoms with Crippen LogP contribution in [0.4, 0.5) is 10.6 Å². The highest BCUT2D eigenvalue weighted by Gasteiger charge is 2.32. The van der Waals surface area contributed by atoms with Crippen molar-refractivity contribution in [3.8, 4) is 5.88 Å². The smallest absolute Gasteiger partial charge is 0.409 e. The molecule has 0 aromatic carbocycles. The highest BCUT2D eigenvalue weighted by Crippen LogP contribution is 2.24. The van der Waals surface area contributed by atoms with E-state index in [-0.39, 0.29) is 17.9 Å². The second-order valence-electron chi connectivity index (χ2n) is 6.73. The molecule has 2 aliphatic heterocycles. The third-order valence-corrected chi connectivity index (χ3v) is 5.05. The Morgan fingerprint density at radius 1 is 1.11 bits per heavy atom. The van der Waals surface area contributed by atoms with Crippen LogP contribution in [-0.4, -0.2) is 85.0 Å². The monoisotopic (exact) mass is 377 g/mol.